The lowest BCUT2D eigenvalue weighted by atomic mass is 10.0. The van der Waals surface area contributed by atoms with Crippen molar-refractivity contribution in [2.24, 2.45) is 0 Å². The van der Waals surface area contributed by atoms with Gasteiger partial charge in [-0.2, -0.15) is 0 Å². The third kappa shape index (κ3) is 15.2. The van der Waals surface area contributed by atoms with Gasteiger partial charge in [0.25, 0.3) is 0 Å². The summed E-state index contributed by atoms with van der Waals surface area (Å²) >= 11 is 0. The van der Waals surface area contributed by atoms with E-state index < -0.39 is 5.97 Å². The van der Waals surface area contributed by atoms with E-state index in [1.807, 2.05) is 6.07 Å². The van der Waals surface area contributed by atoms with Gasteiger partial charge in [0.1, 0.15) is 0 Å². The van der Waals surface area contributed by atoms with Crippen LogP contribution >= 0.6 is 0 Å². The van der Waals surface area contributed by atoms with Gasteiger partial charge in [-0.3, -0.25) is 4.79 Å². The summed E-state index contributed by atoms with van der Waals surface area (Å²) in [7, 11) is 0. The Labute approximate surface area is 177 Å². The molecule has 1 rings (SSSR count). The molecule has 2 atom stereocenters. The largest absolute Gasteiger partial charge is 0.481 e. The van der Waals surface area contributed by atoms with Crippen molar-refractivity contribution in [2.75, 3.05) is 0 Å². The molecular weight excluding hydrogens is 364 g/mol. The van der Waals surface area contributed by atoms with E-state index in [1.165, 1.54) is 44.1 Å². The van der Waals surface area contributed by atoms with Crippen molar-refractivity contribution in [1.82, 2.24) is 0 Å². The van der Waals surface area contributed by atoms with Gasteiger partial charge in [0.15, 0.2) is 0 Å². The standard InChI is InChI=1S/C25H42O4/c1-2-3-4-11-18-24(29-21-22-14-8-7-9-15-22)19-12-6-5-10-16-23(26)17-13-20-25(27)28/h7-9,14-15,23-24,26H,2-6,10-13,16-21H2,1H3,(H,27,28). The molecular formula is C25H42O4. The Morgan fingerprint density at radius 1 is 0.862 bits per heavy atom. The summed E-state index contributed by atoms with van der Waals surface area (Å²) in [6.45, 7) is 2.94. The third-order valence-electron chi connectivity index (χ3n) is 5.45. The van der Waals surface area contributed by atoms with E-state index in [-0.39, 0.29) is 12.5 Å². The molecule has 0 spiro atoms. The van der Waals surface area contributed by atoms with Gasteiger partial charge in [0.2, 0.25) is 0 Å². The van der Waals surface area contributed by atoms with Crippen molar-refractivity contribution in [3.63, 3.8) is 0 Å². The number of carbonyl (C=O) groups is 1. The predicted octanol–water partition coefficient (Wildman–Crippen LogP) is 6.50. The lowest BCUT2D eigenvalue weighted by Gasteiger charge is -2.18. The summed E-state index contributed by atoms with van der Waals surface area (Å²) in [5.74, 6) is -0.782. The van der Waals surface area contributed by atoms with Crippen LogP contribution in [0.4, 0.5) is 0 Å². The molecule has 0 radical (unpaired) electrons. The number of ether oxygens (including phenoxy) is 1. The minimum atomic E-state index is -0.782. The molecule has 0 heterocycles. The highest BCUT2D eigenvalue weighted by Gasteiger charge is 2.10. The third-order valence-corrected chi connectivity index (χ3v) is 5.45. The van der Waals surface area contributed by atoms with Crippen LogP contribution in [-0.4, -0.2) is 28.4 Å². The van der Waals surface area contributed by atoms with Gasteiger partial charge in [-0.05, 0) is 37.7 Å². The van der Waals surface area contributed by atoms with Gasteiger partial charge in [0.05, 0.1) is 18.8 Å². The van der Waals surface area contributed by atoms with Crippen molar-refractivity contribution in [1.29, 1.82) is 0 Å². The number of rotatable bonds is 19. The average molecular weight is 407 g/mol. The monoisotopic (exact) mass is 406 g/mol. The molecule has 0 saturated heterocycles. The topological polar surface area (TPSA) is 66.8 Å². The fraction of sp³-hybridized carbons (Fsp3) is 0.720. The zero-order valence-corrected chi connectivity index (χ0v) is 18.4. The van der Waals surface area contributed by atoms with Crippen LogP contribution in [0.25, 0.3) is 0 Å². The van der Waals surface area contributed by atoms with Crippen LogP contribution in [0.3, 0.4) is 0 Å². The number of aliphatic hydroxyl groups excluding tert-OH is 1. The first-order valence-electron chi connectivity index (χ1n) is 11.7. The van der Waals surface area contributed by atoms with Crippen molar-refractivity contribution in [3.05, 3.63) is 35.9 Å². The number of hydrogen-bond donors (Lipinski definition) is 2. The molecule has 1 aromatic carbocycles. The second-order valence-corrected chi connectivity index (χ2v) is 8.20. The second-order valence-electron chi connectivity index (χ2n) is 8.20. The van der Waals surface area contributed by atoms with E-state index in [4.69, 9.17) is 9.84 Å². The number of carboxylic acid groups (broad SMARTS) is 1. The van der Waals surface area contributed by atoms with Crippen LogP contribution in [0.2, 0.25) is 0 Å². The van der Waals surface area contributed by atoms with Gasteiger partial charge < -0.3 is 14.9 Å². The van der Waals surface area contributed by atoms with Crippen LogP contribution in [0.5, 0.6) is 0 Å². The number of aliphatic hydroxyl groups is 1. The molecule has 166 valence electrons. The van der Waals surface area contributed by atoms with Crippen LogP contribution in [0.1, 0.15) is 102 Å². The van der Waals surface area contributed by atoms with E-state index in [9.17, 15) is 9.90 Å². The van der Waals surface area contributed by atoms with Crippen LogP contribution in [0.15, 0.2) is 30.3 Å². The van der Waals surface area contributed by atoms with E-state index in [2.05, 4.69) is 31.2 Å². The Balaban J connectivity index is 2.17. The Hall–Kier alpha value is -1.39. The molecule has 29 heavy (non-hydrogen) atoms. The summed E-state index contributed by atoms with van der Waals surface area (Å²) in [5.41, 5.74) is 1.24. The first-order chi connectivity index (χ1) is 14.1. The van der Waals surface area contributed by atoms with Crippen LogP contribution < -0.4 is 0 Å². The molecule has 1 aromatic rings. The first kappa shape index (κ1) is 25.6. The van der Waals surface area contributed by atoms with E-state index in [1.54, 1.807) is 0 Å². The number of hydrogen-bond acceptors (Lipinski definition) is 3. The normalized spacial score (nSPS) is 13.3. The first-order valence-corrected chi connectivity index (χ1v) is 11.7. The van der Waals surface area contributed by atoms with Gasteiger partial charge in [-0.25, -0.2) is 0 Å². The predicted molar refractivity (Wildman–Crippen MR) is 119 cm³/mol. The fourth-order valence-corrected chi connectivity index (χ4v) is 3.64. The summed E-state index contributed by atoms with van der Waals surface area (Å²) in [6, 6.07) is 10.4. The highest BCUT2D eigenvalue weighted by molar-refractivity contribution is 5.66. The molecule has 2 unspecified atom stereocenters. The van der Waals surface area contributed by atoms with Crippen molar-refractivity contribution in [2.45, 2.75) is 116 Å². The summed E-state index contributed by atoms with van der Waals surface area (Å²) in [5, 5.41) is 18.5. The lowest BCUT2D eigenvalue weighted by molar-refractivity contribution is -0.137. The van der Waals surface area contributed by atoms with Crippen molar-refractivity contribution in [3.8, 4) is 0 Å². The Morgan fingerprint density at radius 3 is 2.07 bits per heavy atom. The molecule has 4 heteroatoms. The number of carboxylic acids is 1. The second kappa shape index (κ2) is 17.5. The minimum Gasteiger partial charge on any atom is -0.481 e. The molecule has 0 bridgehead atoms. The lowest BCUT2D eigenvalue weighted by Crippen LogP contribution is -2.13. The van der Waals surface area contributed by atoms with Gasteiger partial charge in [0, 0.05) is 6.42 Å². The van der Waals surface area contributed by atoms with Crippen LogP contribution in [0, 0.1) is 0 Å². The van der Waals surface area contributed by atoms with E-state index in [0.29, 0.717) is 25.6 Å². The van der Waals surface area contributed by atoms with Crippen molar-refractivity contribution < 1.29 is 19.7 Å². The maximum Gasteiger partial charge on any atom is 0.303 e. The number of unbranched alkanes of at least 4 members (excludes halogenated alkanes) is 6. The maximum atomic E-state index is 10.5. The van der Waals surface area contributed by atoms with Gasteiger partial charge >= 0.3 is 5.97 Å². The summed E-state index contributed by atoms with van der Waals surface area (Å²) in [4.78, 5) is 10.5. The molecule has 2 N–H and O–H groups in total. The molecule has 0 aromatic heterocycles. The Bertz CT molecular complexity index is 503. The quantitative estimate of drug-likeness (QED) is 0.257. The maximum absolute atomic E-state index is 10.5. The number of aliphatic carboxylic acids is 1. The molecule has 0 aliphatic rings. The van der Waals surface area contributed by atoms with Crippen molar-refractivity contribution >= 4 is 5.97 Å². The van der Waals surface area contributed by atoms with E-state index in [0.717, 1.165) is 32.1 Å². The molecule has 0 aliphatic carbocycles. The minimum absolute atomic E-state index is 0.152. The molecule has 0 fully saturated rings. The Morgan fingerprint density at radius 2 is 1.45 bits per heavy atom. The average Bonchev–Trinajstić information content (AvgIpc) is 2.71. The highest BCUT2D eigenvalue weighted by Crippen LogP contribution is 2.18. The molecule has 0 aliphatic heterocycles. The zero-order chi connectivity index (χ0) is 21.2. The zero-order valence-electron chi connectivity index (χ0n) is 18.4. The highest BCUT2D eigenvalue weighted by atomic mass is 16.5. The molecule has 0 amide bonds. The SMILES string of the molecule is CCCCCCC(CCCCCCC(O)CCCC(=O)O)OCc1ccccc1. The molecule has 0 saturated carbocycles. The Kier molecular flexibility index (Phi) is 15.4. The summed E-state index contributed by atoms with van der Waals surface area (Å²) < 4.78 is 6.23. The summed E-state index contributed by atoms with van der Waals surface area (Å²) in [6.07, 6.45) is 13.9. The van der Waals surface area contributed by atoms with Crippen LogP contribution in [-0.2, 0) is 16.1 Å². The van der Waals surface area contributed by atoms with E-state index >= 15 is 0 Å². The van der Waals surface area contributed by atoms with Gasteiger partial charge in [-0.15, -0.1) is 0 Å². The smallest absolute Gasteiger partial charge is 0.303 e. The molecule has 4 nitrogen and oxygen atoms in total. The van der Waals surface area contributed by atoms with Gasteiger partial charge in [-0.1, -0.05) is 88.6 Å². The fourth-order valence-electron chi connectivity index (χ4n) is 3.64. The number of benzene rings is 1.